The molecule has 0 atom stereocenters. The molecule has 3 amide bonds. The van der Waals surface area contributed by atoms with Gasteiger partial charge in [0.25, 0.3) is 5.91 Å². The largest absolute Gasteiger partial charge is 0.488 e. The molecule has 0 aliphatic carbocycles. The van der Waals surface area contributed by atoms with Gasteiger partial charge >= 0.3 is 6.03 Å². The van der Waals surface area contributed by atoms with Gasteiger partial charge in [-0.15, -0.1) is 0 Å². The standard InChI is InChI=1S/C21H15ClN2O3/c22-15-8-5-13(6-9-15)12-27-19-10-7-14-3-1-2-4-16(14)17(19)11-18-20(25)24-21(26)23-18/h1-11H,12H2,(H2,23,24,25,26)/b18-11+. The van der Waals surface area contributed by atoms with Crippen LogP contribution < -0.4 is 15.4 Å². The summed E-state index contributed by atoms with van der Waals surface area (Å²) >= 11 is 5.92. The molecule has 134 valence electrons. The number of carbonyl (C=O) groups is 2. The topological polar surface area (TPSA) is 67.4 Å². The van der Waals surface area contributed by atoms with Crippen LogP contribution in [0.5, 0.6) is 5.75 Å². The number of carbonyl (C=O) groups excluding carboxylic acids is 2. The lowest BCUT2D eigenvalue weighted by Gasteiger charge is -2.13. The fourth-order valence-electron chi connectivity index (χ4n) is 2.92. The first-order valence-electron chi connectivity index (χ1n) is 8.33. The zero-order chi connectivity index (χ0) is 18.8. The van der Waals surface area contributed by atoms with Crippen molar-refractivity contribution in [1.29, 1.82) is 0 Å². The van der Waals surface area contributed by atoms with Gasteiger partial charge in [-0.05, 0) is 40.6 Å². The number of imide groups is 1. The van der Waals surface area contributed by atoms with Crippen molar-refractivity contribution in [2.45, 2.75) is 6.61 Å². The number of halogens is 1. The highest BCUT2D eigenvalue weighted by Gasteiger charge is 2.23. The maximum Gasteiger partial charge on any atom is 0.326 e. The van der Waals surface area contributed by atoms with Crippen LogP contribution in [-0.2, 0) is 11.4 Å². The fraction of sp³-hybridized carbons (Fsp3) is 0.0476. The predicted molar refractivity (Wildman–Crippen MR) is 104 cm³/mol. The predicted octanol–water partition coefficient (Wildman–Crippen LogP) is 4.25. The van der Waals surface area contributed by atoms with E-state index in [-0.39, 0.29) is 5.70 Å². The number of nitrogens with one attached hydrogen (secondary N) is 2. The van der Waals surface area contributed by atoms with E-state index < -0.39 is 11.9 Å². The second-order valence-corrected chi connectivity index (χ2v) is 6.52. The van der Waals surface area contributed by atoms with E-state index in [1.165, 1.54) is 0 Å². The normalized spacial score (nSPS) is 15.1. The van der Waals surface area contributed by atoms with Gasteiger partial charge in [-0.2, -0.15) is 0 Å². The molecule has 2 N–H and O–H groups in total. The highest BCUT2D eigenvalue weighted by Crippen LogP contribution is 2.31. The quantitative estimate of drug-likeness (QED) is 0.526. The third kappa shape index (κ3) is 3.64. The van der Waals surface area contributed by atoms with Gasteiger partial charge in [0.15, 0.2) is 0 Å². The minimum atomic E-state index is -0.532. The van der Waals surface area contributed by atoms with Crippen molar-refractivity contribution >= 4 is 40.4 Å². The molecule has 0 saturated carbocycles. The van der Waals surface area contributed by atoms with Gasteiger partial charge in [-0.1, -0.05) is 54.1 Å². The first-order chi connectivity index (χ1) is 13.1. The Morgan fingerprint density at radius 3 is 2.44 bits per heavy atom. The lowest BCUT2D eigenvalue weighted by Crippen LogP contribution is -2.22. The Morgan fingerprint density at radius 2 is 1.70 bits per heavy atom. The van der Waals surface area contributed by atoms with Crippen LogP contribution in [-0.4, -0.2) is 11.9 Å². The first kappa shape index (κ1) is 17.1. The summed E-state index contributed by atoms with van der Waals surface area (Å²) in [7, 11) is 0. The van der Waals surface area contributed by atoms with Crippen molar-refractivity contribution in [3.8, 4) is 5.75 Å². The minimum absolute atomic E-state index is 0.188. The molecular formula is C21H15ClN2O3. The van der Waals surface area contributed by atoms with Crippen LogP contribution >= 0.6 is 11.6 Å². The van der Waals surface area contributed by atoms with Gasteiger partial charge in [-0.25, -0.2) is 4.79 Å². The Kier molecular flexibility index (Phi) is 4.52. The molecule has 1 saturated heterocycles. The molecular weight excluding hydrogens is 364 g/mol. The van der Waals surface area contributed by atoms with Crippen LogP contribution in [0.4, 0.5) is 4.79 Å². The lowest BCUT2D eigenvalue weighted by molar-refractivity contribution is -0.115. The summed E-state index contributed by atoms with van der Waals surface area (Å²) in [4.78, 5) is 23.3. The molecule has 0 spiro atoms. The second-order valence-electron chi connectivity index (χ2n) is 6.08. The van der Waals surface area contributed by atoms with Gasteiger partial charge in [0.1, 0.15) is 18.1 Å². The highest BCUT2D eigenvalue weighted by atomic mass is 35.5. The summed E-state index contributed by atoms with van der Waals surface area (Å²) in [6.07, 6.45) is 1.64. The van der Waals surface area contributed by atoms with E-state index in [0.29, 0.717) is 17.4 Å². The molecule has 5 nitrogen and oxygen atoms in total. The number of hydrogen-bond donors (Lipinski definition) is 2. The van der Waals surface area contributed by atoms with Crippen LogP contribution in [0.15, 0.2) is 66.4 Å². The molecule has 1 aliphatic heterocycles. The van der Waals surface area contributed by atoms with E-state index >= 15 is 0 Å². The Balaban J connectivity index is 1.73. The average molecular weight is 379 g/mol. The molecule has 0 bridgehead atoms. The third-order valence-electron chi connectivity index (χ3n) is 4.25. The number of urea groups is 1. The van der Waals surface area contributed by atoms with Crippen LogP contribution in [0.25, 0.3) is 16.8 Å². The Morgan fingerprint density at radius 1 is 0.926 bits per heavy atom. The zero-order valence-corrected chi connectivity index (χ0v) is 14.9. The van der Waals surface area contributed by atoms with Crippen molar-refractivity contribution in [2.24, 2.45) is 0 Å². The molecule has 0 aromatic heterocycles. The summed E-state index contributed by atoms with van der Waals surface area (Å²) in [6, 6.07) is 18.5. The van der Waals surface area contributed by atoms with Gasteiger partial charge in [0.2, 0.25) is 0 Å². The number of hydrogen-bond acceptors (Lipinski definition) is 3. The van der Waals surface area contributed by atoms with E-state index in [9.17, 15) is 9.59 Å². The van der Waals surface area contributed by atoms with E-state index in [1.54, 1.807) is 6.08 Å². The molecule has 4 rings (SSSR count). The van der Waals surface area contributed by atoms with Crippen molar-refractivity contribution in [2.75, 3.05) is 0 Å². The molecule has 0 radical (unpaired) electrons. The molecule has 1 fully saturated rings. The maximum absolute atomic E-state index is 11.9. The summed E-state index contributed by atoms with van der Waals surface area (Å²) in [5.41, 5.74) is 1.89. The third-order valence-corrected chi connectivity index (χ3v) is 4.50. The number of ether oxygens (including phenoxy) is 1. The monoisotopic (exact) mass is 378 g/mol. The van der Waals surface area contributed by atoms with Crippen LogP contribution in [0, 0.1) is 0 Å². The number of fused-ring (bicyclic) bond motifs is 1. The fourth-order valence-corrected chi connectivity index (χ4v) is 3.04. The Bertz CT molecular complexity index is 1070. The first-order valence-corrected chi connectivity index (χ1v) is 8.71. The van der Waals surface area contributed by atoms with Gasteiger partial charge < -0.3 is 10.1 Å². The Hall–Kier alpha value is -3.31. The summed E-state index contributed by atoms with van der Waals surface area (Å²) in [5.74, 6) is 0.154. The molecule has 1 aliphatic rings. The molecule has 6 heteroatoms. The molecule has 3 aromatic rings. The number of rotatable bonds is 4. The lowest BCUT2D eigenvalue weighted by atomic mass is 10.0. The van der Waals surface area contributed by atoms with Crippen molar-refractivity contribution in [1.82, 2.24) is 10.6 Å². The number of amides is 3. The smallest absolute Gasteiger partial charge is 0.326 e. The highest BCUT2D eigenvalue weighted by molar-refractivity contribution is 6.30. The van der Waals surface area contributed by atoms with Crippen LogP contribution in [0.3, 0.4) is 0 Å². The van der Waals surface area contributed by atoms with Gasteiger partial charge in [0, 0.05) is 10.6 Å². The summed E-state index contributed by atoms with van der Waals surface area (Å²) < 4.78 is 6.01. The van der Waals surface area contributed by atoms with Gasteiger partial charge in [-0.3, -0.25) is 10.1 Å². The molecule has 27 heavy (non-hydrogen) atoms. The van der Waals surface area contributed by atoms with Crippen molar-refractivity contribution in [3.05, 3.63) is 82.5 Å². The minimum Gasteiger partial charge on any atom is -0.488 e. The molecule has 3 aromatic carbocycles. The van der Waals surface area contributed by atoms with Crippen LogP contribution in [0.1, 0.15) is 11.1 Å². The van der Waals surface area contributed by atoms with E-state index in [1.807, 2.05) is 60.7 Å². The number of benzene rings is 3. The van der Waals surface area contributed by atoms with Gasteiger partial charge in [0.05, 0.1) is 0 Å². The zero-order valence-electron chi connectivity index (χ0n) is 14.2. The van der Waals surface area contributed by atoms with Crippen molar-refractivity contribution in [3.63, 3.8) is 0 Å². The molecule has 1 heterocycles. The van der Waals surface area contributed by atoms with Crippen molar-refractivity contribution < 1.29 is 14.3 Å². The molecule has 0 unspecified atom stereocenters. The summed E-state index contributed by atoms with van der Waals surface area (Å²) in [5, 5.41) is 7.32. The Labute approximate surface area is 160 Å². The summed E-state index contributed by atoms with van der Waals surface area (Å²) in [6.45, 7) is 0.351. The van der Waals surface area contributed by atoms with E-state index in [0.717, 1.165) is 21.9 Å². The van der Waals surface area contributed by atoms with E-state index in [2.05, 4.69) is 10.6 Å². The SMILES string of the molecule is O=C1NC(=O)/C(=C\c2c(OCc3ccc(Cl)cc3)ccc3ccccc23)N1. The second kappa shape index (κ2) is 7.13. The maximum atomic E-state index is 11.9. The van der Waals surface area contributed by atoms with E-state index in [4.69, 9.17) is 16.3 Å². The van der Waals surface area contributed by atoms with Crippen LogP contribution in [0.2, 0.25) is 5.02 Å². The average Bonchev–Trinajstić information content (AvgIpc) is 2.99.